The van der Waals surface area contributed by atoms with Gasteiger partial charge >= 0.3 is 0 Å². The Bertz CT molecular complexity index is 589. The van der Waals surface area contributed by atoms with Crippen molar-refractivity contribution in [1.29, 1.82) is 0 Å². The number of fused-ring (bicyclic) bond motifs is 1. The molecule has 0 saturated heterocycles. The van der Waals surface area contributed by atoms with E-state index in [9.17, 15) is 8.42 Å². The number of nitrogens with zero attached hydrogens (tertiary/aromatic N) is 4. The van der Waals surface area contributed by atoms with Crippen molar-refractivity contribution in [1.82, 2.24) is 19.6 Å². The summed E-state index contributed by atoms with van der Waals surface area (Å²) in [6.45, 7) is 2.02. The summed E-state index contributed by atoms with van der Waals surface area (Å²) in [6.07, 6.45) is 5.73. The zero-order valence-electron chi connectivity index (χ0n) is 10.1. The highest BCUT2D eigenvalue weighted by Gasteiger charge is 2.13. The first-order valence-electron chi connectivity index (χ1n) is 5.78. The van der Waals surface area contributed by atoms with Gasteiger partial charge in [0.25, 0.3) is 11.7 Å². The first-order chi connectivity index (χ1) is 8.61. The van der Waals surface area contributed by atoms with Gasteiger partial charge in [0.15, 0.2) is 0 Å². The molecule has 2 aromatic heterocycles. The molecule has 8 heteroatoms. The fourth-order valence-electron chi connectivity index (χ4n) is 1.51. The van der Waals surface area contributed by atoms with E-state index >= 15 is 0 Å². The molecule has 2 rings (SSSR count). The molecule has 0 fully saturated rings. The molecule has 0 amide bonds. The van der Waals surface area contributed by atoms with Crippen LogP contribution in [-0.4, -0.2) is 33.8 Å². The summed E-state index contributed by atoms with van der Waals surface area (Å²) in [4.78, 5) is 7.94. The third-order valence-corrected chi connectivity index (χ3v) is 3.70. The third kappa shape index (κ3) is 3.16. The summed E-state index contributed by atoms with van der Waals surface area (Å²) in [6, 6.07) is 1.70. The minimum atomic E-state index is -3.37. The van der Waals surface area contributed by atoms with E-state index in [1.807, 2.05) is 6.92 Å². The van der Waals surface area contributed by atoms with Crippen LogP contribution in [0.5, 0.6) is 0 Å². The number of anilines is 1. The van der Waals surface area contributed by atoms with Crippen LogP contribution in [-0.2, 0) is 10.0 Å². The zero-order chi connectivity index (χ0) is 13.0. The molecule has 0 bridgehead atoms. The second-order valence-electron chi connectivity index (χ2n) is 3.93. The lowest BCUT2D eigenvalue weighted by molar-refractivity contribution is 0.595. The maximum atomic E-state index is 11.7. The van der Waals surface area contributed by atoms with Gasteiger partial charge in [-0.1, -0.05) is 19.8 Å². The quantitative estimate of drug-likeness (QED) is 0.792. The first kappa shape index (κ1) is 12.7. The van der Waals surface area contributed by atoms with E-state index in [0.717, 1.165) is 12.8 Å². The van der Waals surface area contributed by atoms with E-state index in [0.29, 0.717) is 12.2 Å². The highest BCUT2D eigenvalue weighted by Crippen LogP contribution is 2.06. The molecule has 0 unspecified atom stereocenters. The van der Waals surface area contributed by atoms with Gasteiger partial charge in [-0.15, -0.1) is 5.10 Å². The number of hydrogen-bond donors (Lipinski definition) is 1. The molecule has 0 saturated carbocycles. The van der Waals surface area contributed by atoms with Gasteiger partial charge in [0, 0.05) is 12.4 Å². The Morgan fingerprint density at radius 2 is 2.22 bits per heavy atom. The van der Waals surface area contributed by atoms with Gasteiger partial charge in [0.2, 0.25) is 10.0 Å². The van der Waals surface area contributed by atoms with Crippen LogP contribution >= 0.6 is 0 Å². The van der Waals surface area contributed by atoms with Crippen molar-refractivity contribution in [2.45, 2.75) is 26.2 Å². The molecule has 2 aromatic rings. The van der Waals surface area contributed by atoms with E-state index in [2.05, 4.69) is 19.8 Å². The largest absolute Gasteiger partial charge is 0.258 e. The van der Waals surface area contributed by atoms with Crippen LogP contribution in [0.3, 0.4) is 0 Å². The number of nitrogens with one attached hydrogen (secondary N) is 1. The zero-order valence-corrected chi connectivity index (χ0v) is 10.9. The lowest BCUT2D eigenvalue weighted by atomic mass is 10.3. The maximum Gasteiger partial charge on any atom is 0.258 e. The van der Waals surface area contributed by atoms with Crippen molar-refractivity contribution >= 4 is 21.7 Å². The van der Waals surface area contributed by atoms with Crippen molar-refractivity contribution in [3.05, 3.63) is 18.5 Å². The lowest BCUT2D eigenvalue weighted by Gasteiger charge is -2.02. The SMILES string of the molecule is CCCCCS(=O)(=O)Nc1nc2ncccn2n1. The van der Waals surface area contributed by atoms with Crippen molar-refractivity contribution in [3.8, 4) is 0 Å². The van der Waals surface area contributed by atoms with Gasteiger partial charge in [-0.3, -0.25) is 0 Å². The molecule has 0 aliphatic heterocycles. The molecular formula is C10H15N5O2S. The second-order valence-corrected chi connectivity index (χ2v) is 5.77. The molecular weight excluding hydrogens is 254 g/mol. The Hall–Kier alpha value is -1.70. The monoisotopic (exact) mass is 269 g/mol. The summed E-state index contributed by atoms with van der Waals surface area (Å²) in [5.41, 5.74) is 0. The van der Waals surface area contributed by atoms with Crippen LogP contribution in [0.25, 0.3) is 5.78 Å². The van der Waals surface area contributed by atoms with Gasteiger partial charge in [0.05, 0.1) is 5.75 Å². The maximum absolute atomic E-state index is 11.7. The molecule has 98 valence electrons. The molecule has 1 N–H and O–H groups in total. The van der Waals surface area contributed by atoms with Crippen LogP contribution in [0, 0.1) is 0 Å². The van der Waals surface area contributed by atoms with E-state index in [1.54, 1.807) is 18.5 Å². The Morgan fingerprint density at radius 1 is 1.39 bits per heavy atom. The van der Waals surface area contributed by atoms with E-state index in [4.69, 9.17) is 0 Å². The summed E-state index contributed by atoms with van der Waals surface area (Å²) >= 11 is 0. The molecule has 0 aliphatic rings. The molecule has 0 aromatic carbocycles. The fraction of sp³-hybridized carbons (Fsp3) is 0.500. The lowest BCUT2D eigenvalue weighted by Crippen LogP contribution is -2.17. The van der Waals surface area contributed by atoms with E-state index in [1.165, 1.54) is 4.52 Å². The van der Waals surface area contributed by atoms with Crippen molar-refractivity contribution in [2.75, 3.05) is 10.5 Å². The number of hydrogen-bond acceptors (Lipinski definition) is 5. The van der Waals surface area contributed by atoms with Gasteiger partial charge in [-0.25, -0.2) is 22.6 Å². The minimum Gasteiger partial charge on any atom is -0.250 e. The minimum absolute atomic E-state index is 0.0604. The normalized spacial score (nSPS) is 11.8. The topological polar surface area (TPSA) is 89.2 Å². The molecule has 18 heavy (non-hydrogen) atoms. The Labute approximate surface area is 105 Å². The average molecular weight is 269 g/mol. The van der Waals surface area contributed by atoms with Gasteiger partial charge in [0.1, 0.15) is 0 Å². The smallest absolute Gasteiger partial charge is 0.250 e. The number of rotatable bonds is 6. The van der Waals surface area contributed by atoms with Crippen LogP contribution in [0.1, 0.15) is 26.2 Å². The van der Waals surface area contributed by atoms with Crippen LogP contribution in [0.2, 0.25) is 0 Å². The summed E-state index contributed by atoms with van der Waals surface area (Å²) < 4.78 is 27.2. The predicted molar refractivity (Wildman–Crippen MR) is 67.7 cm³/mol. The Kier molecular flexibility index (Phi) is 3.75. The molecule has 0 spiro atoms. The fourth-order valence-corrected chi connectivity index (χ4v) is 2.56. The van der Waals surface area contributed by atoms with Crippen molar-refractivity contribution in [3.63, 3.8) is 0 Å². The van der Waals surface area contributed by atoms with E-state index < -0.39 is 10.0 Å². The Morgan fingerprint density at radius 3 is 2.94 bits per heavy atom. The molecule has 7 nitrogen and oxygen atoms in total. The number of unbranched alkanes of at least 4 members (excludes halogenated alkanes) is 2. The third-order valence-electron chi connectivity index (χ3n) is 2.38. The second kappa shape index (κ2) is 5.30. The highest BCUT2D eigenvalue weighted by molar-refractivity contribution is 7.92. The summed E-state index contributed by atoms with van der Waals surface area (Å²) in [7, 11) is -3.37. The molecule has 0 radical (unpaired) electrons. The Balaban J connectivity index is 2.08. The average Bonchev–Trinajstić information content (AvgIpc) is 2.70. The first-order valence-corrected chi connectivity index (χ1v) is 7.44. The van der Waals surface area contributed by atoms with Crippen molar-refractivity contribution < 1.29 is 8.42 Å². The molecule has 2 heterocycles. The molecule has 0 aliphatic carbocycles. The number of sulfonamides is 1. The van der Waals surface area contributed by atoms with Gasteiger partial charge < -0.3 is 0 Å². The highest BCUT2D eigenvalue weighted by atomic mass is 32.2. The predicted octanol–water partition coefficient (Wildman–Crippen LogP) is 1.06. The van der Waals surface area contributed by atoms with Gasteiger partial charge in [-0.05, 0) is 12.5 Å². The van der Waals surface area contributed by atoms with Crippen LogP contribution in [0.4, 0.5) is 5.95 Å². The van der Waals surface area contributed by atoms with Gasteiger partial charge in [-0.2, -0.15) is 4.98 Å². The number of aromatic nitrogens is 4. The standard InChI is InChI=1S/C10H15N5O2S/c1-2-3-4-8-18(16,17)14-9-12-10-11-6-5-7-15(10)13-9/h5-7H,2-4,8H2,1H3,(H,13,14). The molecule has 0 atom stereocenters. The van der Waals surface area contributed by atoms with Crippen LogP contribution < -0.4 is 4.72 Å². The summed E-state index contributed by atoms with van der Waals surface area (Å²) in [5, 5.41) is 3.98. The van der Waals surface area contributed by atoms with Crippen LogP contribution in [0.15, 0.2) is 18.5 Å². The van der Waals surface area contributed by atoms with Crippen molar-refractivity contribution in [2.24, 2.45) is 0 Å². The van der Waals surface area contributed by atoms with E-state index in [-0.39, 0.29) is 11.7 Å². The summed E-state index contributed by atoms with van der Waals surface area (Å²) in [5.74, 6) is 0.512.